The molecular formula is C18H27N3O3S. The highest BCUT2D eigenvalue weighted by Crippen LogP contribution is 2.44. The molecule has 1 saturated heterocycles. The van der Waals surface area contributed by atoms with E-state index in [2.05, 4.69) is 24.1 Å². The Morgan fingerprint density at radius 2 is 2.00 bits per heavy atom. The fourth-order valence-corrected chi connectivity index (χ4v) is 4.54. The number of benzene rings is 1. The Bertz CT molecular complexity index is 607. The van der Waals surface area contributed by atoms with E-state index >= 15 is 0 Å². The third-order valence-corrected chi connectivity index (χ3v) is 5.80. The van der Waals surface area contributed by atoms with E-state index < -0.39 is 6.04 Å². The number of phenols is 1. The first-order valence-electron chi connectivity index (χ1n) is 8.68. The third kappa shape index (κ3) is 4.67. The summed E-state index contributed by atoms with van der Waals surface area (Å²) in [6.07, 6.45) is 0. The van der Waals surface area contributed by atoms with Crippen molar-refractivity contribution in [2.24, 2.45) is 0 Å². The van der Waals surface area contributed by atoms with E-state index in [1.807, 2.05) is 6.07 Å². The predicted molar refractivity (Wildman–Crippen MR) is 100 cm³/mol. The van der Waals surface area contributed by atoms with Gasteiger partial charge in [0.15, 0.2) is 0 Å². The van der Waals surface area contributed by atoms with Gasteiger partial charge in [0.2, 0.25) is 11.8 Å². The molecule has 0 saturated carbocycles. The highest BCUT2D eigenvalue weighted by Gasteiger charge is 2.41. The molecule has 1 fully saturated rings. The van der Waals surface area contributed by atoms with E-state index in [0.29, 0.717) is 17.9 Å². The van der Waals surface area contributed by atoms with Crippen molar-refractivity contribution >= 4 is 23.6 Å². The summed E-state index contributed by atoms with van der Waals surface area (Å²) in [6, 6.07) is 6.46. The van der Waals surface area contributed by atoms with Crippen LogP contribution < -0.4 is 5.32 Å². The van der Waals surface area contributed by atoms with Gasteiger partial charge in [0, 0.05) is 31.3 Å². The molecular weight excluding hydrogens is 338 g/mol. The van der Waals surface area contributed by atoms with Gasteiger partial charge in [-0.15, -0.1) is 11.8 Å². The van der Waals surface area contributed by atoms with Gasteiger partial charge in [0.1, 0.15) is 17.2 Å². The average Bonchev–Trinajstić information content (AvgIpc) is 3.04. The number of nitrogens with one attached hydrogen (secondary N) is 1. The lowest BCUT2D eigenvalue weighted by Gasteiger charge is -2.28. The number of para-hydroxylation sites is 1. The lowest BCUT2D eigenvalue weighted by molar-refractivity contribution is -0.138. The lowest BCUT2D eigenvalue weighted by atomic mass is 10.1. The number of hydrogen-bond acceptors (Lipinski definition) is 5. The smallest absolute Gasteiger partial charge is 0.243 e. The molecule has 1 aromatic rings. The molecule has 0 unspecified atom stereocenters. The molecule has 1 aliphatic heterocycles. The Morgan fingerprint density at radius 1 is 1.32 bits per heavy atom. The van der Waals surface area contributed by atoms with Crippen LogP contribution in [0.15, 0.2) is 24.3 Å². The third-order valence-electron chi connectivity index (χ3n) is 4.49. The largest absolute Gasteiger partial charge is 0.508 e. The molecule has 2 atom stereocenters. The predicted octanol–water partition coefficient (Wildman–Crippen LogP) is 1.81. The quantitative estimate of drug-likeness (QED) is 0.771. The minimum absolute atomic E-state index is 0.132. The van der Waals surface area contributed by atoms with Crippen molar-refractivity contribution in [2.45, 2.75) is 32.2 Å². The van der Waals surface area contributed by atoms with Crippen molar-refractivity contribution in [3.8, 4) is 5.75 Å². The highest BCUT2D eigenvalue weighted by molar-refractivity contribution is 7.99. The molecule has 1 aliphatic rings. The number of amides is 2. The monoisotopic (exact) mass is 365 g/mol. The fourth-order valence-electron chi connectivity index (χ4n) is 3.02. The van der Waals surface area contributed by atoms with Crippen molar-refractivity contribution < 1.29 is 14.7 Å². The molecule has 2 rings (SSSR count). The Hall–Kier alpha value is -1.73. The number of nitrogens with zero attached hydrogens (tertiary/aromatic N) is 2. The van der Waals surface area contributed by atoms with Crippen LogP contribution in [0.5, 0.6) is 5.75 Å². The van der Waals surface area contributed by atoms with E-state index in [4.69, 9.17) is 0 Å². The van der Waals surface area contributed by atoms with Crippen molar-refractivity contribution in [1.29, 1.82) is 0 Å². The molecule has 1 heterocycles. The summed E-state index contributed by atoms with van der Waals surface area (Å²) in [5.41, 5.74) is 0.668. The lowest BCUT2D eigenvalue weighted by Crippen LogP contribution is -2.48. The van der Waals surface area contributed by atoms with E-state index in [1.54, 1.807) is 23.1 Å². The van der Waals surface area contributed by atoms with Gasteiger partial charge in [-0.25, -0.2) is 0 Å². The van der Waals surface area contributed by atoms with Gasteiger partial charge in [0.25, 0.3) is 0 Å². The summed E-state index contributed by atoms with van der Waals surface area (Å²) in [5, 5.41) is 12.7. The normalized spacial score (nSPS) is 20.1. The average molecular weight is 365 g/mol. The van der Waals surface area contributed by atoms with Gasteiger partial charge in [-0.1, -0.05) is 32.0 Å². The maximum absolute atomic E-state index is 12.6. The molecule has 25 heavy (non-hydrogen) atoms. The van der Waals surface area contributed by atoms with Gasteiger partial charge in [0.05, 0.1) is 0 Å². The second kappa shape index (κ2) is 9.10. The van der Waals surface area contributed by atoms with Crippen molar-refractivity contribution in [3.05, 3.63) is 29.8 Å². The Labute approximate surface area is 153 Å². The summed E-state index contributed by atoms with van der Waals surface area (Å²) in [7, 11) is 0. The zero-order chi connectivity index (χ0) is 18.4. The van der Waals surface area contributed by atoms with E-state index in [1.165, 1.54) is 18.7 Å². The maximum atomic E-state index is 12.6. The first-order chi connectivity index (χ1) is 12.0. The van der Waals surface area contributed by atoms with E-state index in [9.17, 15) is 14.7 Å². The topological polar surface area (TPSA) is 72.9 Å². The Balaban J connectivity index is 2.05. The van der Waals surface area contributed by atoms with Crippen molar-refractivity contribution in [3.63, 3.8) is 0 Å². The number of carbonyl (C=O) groups is 2. The molecule has 0 aromatic heterocycles. The summed E-state index contributed by atoms with van der Waals surface area (Å²) >= 11 is 1.51. The van der Waals surface area contributed by atoms with Gasteiger partial charge >= 0.3 is 0 Å². The highest BCUT2D eigenvalue weighted by atomic mass is 32.2. The number of rotatable bonds is 7. The van der Waals surface area contributed by atoms with E-state index in [-0.39, 0.29) is 22.9 Å². The second-order valence-corrected chi connectivity index (χ2v) is 7.12. The van der Waals surface area contributed by atoms with Crippen LogP contribution in [0.25, 0.3) is 0 Å². The molecule has 2 amide bonds. The standard InChI is InChI=1S/C18H27N3O3S/c1-4-20(5-2)11-10-19-17(24)15-12-25-18(21(15)13(3)22)14-8-6-7-9-16(14)23/h6-9,15,18,23H,4-5,10-12H2,1-3H3,(H,19,24)/t15-,18-/m0/s1. The van der Waals surface area contributed by atoms with Crippen LogP contribution >= 0.6 is 11.8 Å². The van der Waals surface area contributed by atoms with Crippen LogP contribution in [0.1, 0.15) is 31.7 Å². The zero-order valence-electron chi connectivity index (χ0n) is 15.1. The number of aromatic hydroxyl groups is 1. The van der Waals surface area contributed by atoms with Gasteiger partial charge < -0.3 is 20.2 Å². The SMILES string of the molecule is CCN(CC)CCNC(=O)[C@@H]1CS[C@@H](c2ccccc2O)N1C(C)=O. The molecule has 6 nitrogen and oxygen atoms in total. The molecule has 2 N–H and O–H groups in total. The Kier molecular flexibility index (Phi) is 7.13. The van der Waals surface area contributed by atoms with Gasteiger partial charge in [-0.05, 0) is 19.2 Å². The van der Waals surface area contributed by atoms with Crippen LogP contribution in [0.3, 0.4) is 0 Å². The summed E-state index contributed by atoms with van der Waals surface area (Å²) in [6.45, 7) is 8.90. The molecule has 0 spiro atoms. The van der Waals surface area contributed by atoms with Crippen molar-refractivity contribution in [2.75, 3.05) is 31.9 Å². The minimum Gasteiger partial charge on any atom is -0.508 e. The molecule has 7 heteroatoms. The number of thioether (sulfide) groups is 1. The number of likely N-dealkylation sites (N-methyl/N-ethyl adjacent to an activating group) is 1. The number of carbonyl (C=O) groups excluding carboxylic acids is 2. The summed E-state index contributed by atoms with van der Waals surface area (Å²) in [5.74, 6) is 0.374. The summed E-state index contributed by atoms with van der Waals surface area (Å²) in [4.78, 5) is 28.6. The maximum Gasteiger partial charge on any atom is 0.243 e. The van der Waals surface area contributed by atoms with Crippen LogP contribution in [0.2, 0.25) is 0 Å². The molecule has 0 radical (unpaired) electrons. The Morgan fingerprint density at radius 3 is 2.60 bits per heavy atom. The van der Waals surface area contributed by atoms with E-state index in [0.717, 1.165) is 19.6 Å². The molecule has 0 bridgehead atoms. The van der Waals surface area contributed by atoms with Crippen molar-refractivity contribution in [1.82, 2.24) is 15.1 Å². The minimum atomic E-state index is -0.510. The fraction of sp³-hybridized carbons (Fsp3) is 0.556. The molecule has 1 aromatic carbocycles. The van der Waals surface area contributed by atoms with Gasteiger partial charge in [-0.3, -0.25) is 9.59 Å². The van der Waals surface area contributed by atoms with Crippen LogP contribution in [0.4, 0.5) is 0 Å². The van der Waals surface area contributed by atoms with Crippen LogP contribution in [-0.4, -0.2) is 64.7 Å². The van der Waals surface area contributed by atoms with Crippen LogP contribution in [-0.2, 0) is 9.59 Å². The first-order valence-corrected chi connectivity index (χ1v) is 9.72. The van der Waals surface area contributed by atoms with Gasteiger partial charge in [-0.2, -0.15) is 0 Å². The summed E-state index contributed by atoms with van der Waals surface area (Å²) < 4.78 is 0. The number of phenolic OH excluding ortho intramolecular Hbond substituents is 1. The van der Waals surface area contributed by atoms with Crippen LogP contribution in [0, 0.1) is 0 Å². The molecule has 138 valence electrons. The first kappa shape index (κ1) is 19.6. The second-order valence-electron chi connectivity index (χ2n) is 6.00. The number of hydrogen-bond donors (Lipinski definition) is 2. The molecule has 0 aliphatic carbocycles. The zero-order valence-corrected chi connectivity index (χ0v) is 15.9.